The molecule has 30 heavy (non-hydrogen) atoms. The molecule has 1 atom stereocenters. The number of benzene rings is 2. The second-order valence-corrected chi connectivity index (χ2v) is 7.66. The van der Waals surface area contributed by atoms with Crippen molar-refractivity contribution in [1.82, 2.24) is 30.7 Å². The topological polar surface area (TPSA) is 81.2 Å². The third-order valence-electron chi connectivity index (χ3n) is 5.39. The minimum absolute atomic E-state index is 0.397. The largest absolute Gasteiger partial charge is 0.352 e. The molecule has 1 unspecified atom stereocenters. The van der Waals surface area contributed by atoms with Crippen LogP contribution in [0.15, 0.2) is 65.9 Å². The van der Waals surface area contributed by atoms with Crippen molar-refractivity contribution in [3.05, 3.63) is 72.1 Å². The van der Waals surface area contributed by atoms with Gasteiger partial charge in [-0.15, -0.1) is 0 Å². The summed E-state index contributed by atoms with van der Waals surface area (Å²) in [5, 5.41) is 13.9. The first kappa shape index (κ1) is 20.1. The predicted molar refractivity (Wildman–Crippen MR) is 120 cm³/mol. The Morgan fingerprint density at radius 2 is 2.03 bits per heavy atom. The fraction of sp³-hybridized carbons (Fsp3) is 0.348. The van der Waals surface area contributed by atoms with Crippen LogP contribution in [0.3, 0.4) is 0 Å². The van der Waals surface area contributed by atoms with Crippen molar-refractivity contribution in [3.63, 3.8) is 0 Å². The molecule has 0 aliphatic carbocycles. The Hall–Kier alpha value is -3.19. The van der Waals surface area contributed by atoms with Crippen molar-refractivity contribution < 1.29 is 0 Å². The highest BCUT2D eigenvalue weighted by atomic mass is 15.2. The minimum atomic E-state index is 0.397. The molecule has 0 radical (unpaired) electrons. The van der Waals surface area contributed by atoms with Gasteiger partial charge in [0.25, 0.3) is 0 Å². The molecule has 0 bridgehead atoms. The standard InChI is InChI=1S/C23H29N7/c1-24-23(25-14-19-9-5-10-20(13-19)22-26-17-27-29-22)28-21-11-6-12-30(16-21)15-18-7-3-2-4-8-18/h2-5,7-10,13,17,21H,6,11-12,14-16H2,1H3,(H2,24,25,28)(H,26,27,29). The number of guanidine groups is 1. The van der Waals surface area contributed by atoms with Crippen molar-refractivity contribution in [1.29, 1.82) is 0 Å². The van der Waals surface area contributed by atoms with Crippen LogP contribution in [0.1, 0.15) is 24.0 Å². The normalized spacial score (nSPS) is 17.6. The molecule has 2 aromatic carbocycles. The molecule has 4 rings (SSSR count). The first-order chi connectivity index (χ1) is 14.8. The monoisotopic (exact) mass is 403 g/mol. The quantitative estimate of drug-likeness (QED) is 0.436. The summed E-state index contributed by atoms with van der Waals surface area (Å²) in [4.78, 5) is 11.2. The lowest BCUT2D eigenvalue weighted by Gasteiger charge is -2.34. The molecule has 0 saturated carbocycles. The lowest BCUT2D eigenvalue weighted by molar-refractivity contribution is 0.192. The maximum absolute atomic E-state index is 4.43. The van der Waals surface area contributed by atoms with Crippen LogP contribution in [0.2, 0.25) is 0 Å². The van der Waals surface area contributed by atoms with Crippen LogP contribution in [-0.4, -0.2) is 52.2 Å². The van der Waals surface area contributed by atoms with Crippen LogP contribution < -0.4 is 10.6 Å². The van der Waals surface area contributed by atoms with E-state index in [1.54, 1.807) is 0 Å². The van der Waals surface area contributed by atoms with Gasteiger partial charge in [-0.05, 0) is 36.6 Å². The second kappa shape index (κ2) is 10.0. The lowest BCUT2D eigenvalue weighted by atomic mass is 10.0. The van der Waals surface area contributed by atoms with Gasteiger partial charge in [0.05, 0.1) is 0 Å². The van der Waals surface area contributed by atoms with Gasteiger partial charge in [-0.1, -0.05) is 48.5 Å². The molecule has 1 saturated heterocycles. The van der Waals surface area contributed by atoms with E-state index in [1.165, 1.54) is 23.9 Å². The number of nitrogens with zero attached hydrogens (tertiary/aromatic N) is 4. The van der Waals surface area contributed by atoms with E-state index >= 15 is 0 Å². The van der Waals surface area contributed by atoms with Crippen LogP contribution in [-0.2, 0) is 13.1 Å². The minimum Gasteiger partial charge on any atom is -0.352 e. The smallest absolute Gasteiger partial charge is 0.191 e. The van der Waals surface area contributed by atoms with Gasteiger partial charge in [-0.3, -0.25) is 15.0 Å². The molecule has 7 nitrogen and oxygen atoms in total. The molecule has 1 aromatic heterocycles. The van der Waals surface area contributed by atoms with E-state index in [9.17, 15) is 0 Å². The first-order valence-corrected chi connectivity index (χ1v) is 10.5. The molecule has 1 fully saturated rings. The van der Waals surface area contributed by atoms with Crippen molar-refractivity contribution in [2.75, 3.05) is 20.1 Å². The maximum Gasteiger partial charge on any atom is 0.191 e. The van der Waals surface area contributed by atoms with Gasteiger partial charge in [0.2, 0.25) is 0 Å². The zero-order chi connectivity index (χ0) is 20.6. The predicted octanol–water partition coefficient (Wildman–Crippen LogP) is 2.80. The lowest BCUT2D eigenvalue weighted by Crippen LogP contribution is -2.50. The Bertz CT molecular complexity index is 937. The number of H-pyrrole nitrogens is 1. The van der Waals surface area contributed by atoms with Crippen LogP contribution in [0.4, 0.5) is 0 Å². The highest BCUT2D eigenvalue weighted by Gasteiger charge is 2.20. The highest BCUT2D eigenvalue weighted by Crippen LogP contribution is 2.16. The summed E-state index contributed by atoms with van der Waals surface area (Å²) in [6, 6.07) is 19.4. The summed E-state index contributed by atoms with van der Waals surface area (Å²) in [6.45, 7) is 3.87. The fourth-order valence-electron chi connectivity index (χ4n) is 3.91. The molecule has 2 heterocycles. The number of hydrogen-bond donors (Lipinski definition) is 3. The average molecular weight is 404 g/mol. The third-order valence-corrected chi connectivity index (χ3v) is 5.39. The average Bonchev–Trinajstić information content (AvgIpc) is 3.33. The number of aliphatic imine (C=N–C) groups is 1. The molecular weight excluding hydrogens is 374 g/mol. The van der Waals surface area contributed by atoms with Gasteiger partial charge in [-0.25, -0.2) is 4.98 Å². The molecule has 7 heteroatoms. The van der Waals surface area contributed by atoms with Crippen LogP contribution in [0.5, 0.6) is 0 Å². The summed E-state index contributed by atoms with van der Waals surface area (Å²) >= 11 is 0. The zero-order valence-electron chi connectivity index (χ0n) is 17.4. The second-order valence-electron chi connectivity index (χ2n) is 7.66. The van der Waals surface area contributed by atoms with Crippen molar-refractivity contribution in [2.45, 2.75) is 32.0 Å². The van der Waals surface area contributed by atoms with Crippen LogP contribution in [0, 0.1) is 0 Å². The summed E-state index contributed by atoms with van der Waals surface area (Å²) in [7, 11) is 1.82. The Morgan fingerprint density at radius 3 is 2.83 bits per heavy atom. The van der Waals surface area contributed by atoms with Crippen LogP contribution >= 0.6 is 0 Å². The van der Waals surface area contributed by atoms with Gasteiger partial charge in [0.15, 0.2) is 11.8 Å². The number of piperidine rings is 1. The molecule has 156 valence electrons. The zero-order valence-corrected chi connectivity index (χ0v) is 17.4. The SMILES string of the molecule is CN=C(NCc1cccc(-c2ncn[nH]2)c1)NC1CCCN(Cc2ccccc2)C1. The summed E-state index contributed by atoms with van der Waals surface area (Å²) < 4.78 is 0. The van der Waals surface area contributed by atoms with E-state index in [0.717, 1.165) is 43.4 Å². The van der Waals surface area contributed by atoms with E-state index in [4.69, 9.17) is 0 Å². The summed E-state index contributed by atoms with van der Waals surface area (Å²) in [6.07, 6.45) is 3.88. The fourth-order valence-corrected chi connectivity index (χ4v) is 3.91. The van der Waals surface area contributed by atoms with Gasteiger partial charge in [0, 0.05) is 38.3 Å². The number of aromatic nitrogens is 3. The molecule has 1 aliphatic heterocycles. The van der Waals surface area contributed by atoms with E-state index in [2.05, 4.69) is 78.2 Å². The molecule has 1 aliphatic rings. The highest BCUT2D eigenvalue weighted by molar-refractivity contribution is 5.80. The van der Waals surface area contributed by atoms with E-state index in [1.807, 2.05) is 19.2 Å². The van der Waals surface area contributed by atoms with Crippen LogP contribution in [0.25, 0.3) is 11.4 Å². The number of aromatic amines is 1. The van der Waals surface area contributed by atoms with Gasteiger partial charge in [-0.2, -0.15) is 5.10 Å². The maximum atomic E-state index is 4.43. The Kier molecular flexibility index (Phi) is 6.72. The summed E-state index contributed by atoms with van der Waals surface area (Å²) in [5.41, 5.74) is 3.56. The van der Waals surface area contributed by atoms with Gasteiger partial charge in [0.1, 0.15) is 6.33 Å². The van der Waals surface area contributed by atoms with Gasteiger partial charge >= 0.3 is 0 Å². The number of hydrogen-bond acceptors (Lipinski definition) is 4. The van der Waals surface area contributed by atoms with Crippen molar-refractivity contribution in [2.24, 2.45) is 4.99 Å². The Balaban J connectivity index is 1.30. The molecule has 3 N–H and O–H groups in total. The molecule has 0 spiro atoms. The molecule has 3 aromatic rings. The van der Waals surface area contributed by atoms with E-state index < -0.39 is 0 Å². The molecule has 0 amide bonds. The van der Waals surface area contributed by atoms with Crippen molar-refractivity contribution >= 4 is 5.96 Å². The van der Waals surface area contributed by atoms with E-state index in [0.29, 0.717) is 12.6 Å². The third kappa shape index (κ3) is 5.45. The van der Waals surface area contributed by atoms with E-state index in [-0.39, 0.29) is 0 Å². The van der Waals surface area contributed by atoms with Gasteiger partial charge < -0.3 is 10.6 Å². The summed E-state index contributed by atoms with van der Waals surface area (Å²) in [5.74, 6) is 1.62. The number of likely N-dealkylation sites (tertiary alicyclic amines) is 1. The van der Waals surface area contributed by atoms with Crippen molar-refractivity contribution in [3.8, 4) is 11.4 Å². The first-order valence-electron chi connectivity index (χ1n) is 10.5. The molecular formula is C23H29N7. The Labute approximate surface area is 177 Å². The number of nitrogens with one attached hydrogen (secondary N) is 3. The Morgan fingerprint density at radius 1 is 1.17 bits per heavy atom. The number of rotatable bonds is 6.